The maximum atomic E-state index is 9.99. The second kappa shape index (κ2) is 5.38. The molecule has 2 aromatic carbocycles. The zero-order chi connectivity index (χ0) is 14.8. The summed E-state index contributed by atoms with van der Waals surface area (Å²) in [6.07, 6.45) is 0. The third-order valence-corrected chi connectivity index (χ3v) is 3.43. The van der Waals surface area contributed by atoms with Gasteiger partial charge in [0.2, 0.25) is 0 Å². The molecule has 0 saturated heterocycles. The van der Waals surface area contributed by atoms with E-state index in [4.69, 9.17) is 17.4 Å². The van der Waals surface area contributed by atoms with Crippen LogP contribution in [-0.2, 0) is 0 Å². The lowest BCUT2D eigenvalue weighted by Crippen LogP contribution is -2.11. The van der Waals surface area contributed by atoms with Gasteiger partial charge in [0.25, 0.3) is 0 Å². The number of nitrogens with zero attached hydrogens (tertiary/aromatic N) is 3. The molecule has 6 heteroatoms. The molecule has 0 bridgehead atoms. The van der Waals surface area contributed by atoms with Crippen LogP contribution in [-0.4, -0.2) is 21.0 Å². The van der Waals surface area contributed by atoms with Crippen molar-refractivity contribution in [3.63, 3.8) is 0 Å². The van der Waals surface area contributed by atoms with Gasteiger partial charge in [0, 0.05) is 16.3 Å². The molecule has 0 fully saturated rings. The van der Waals surface area contributed by atoms with Gasteiger partial charge in [-0.2, -0.15) is 5.10 Å². The van der Waals surface area contributed by atoms with Crippen molar-refractivity contribution in [1.29, 1.82) is 0 Å². The van der Waals surface area contributed by atoms with Crippen molar-refractivity contribution < 1.29 is 5.11 Å². The van der Waals surface area contributed by atoms with Crippen LogP contribution in [0.4, 0.5) is 0 Å². The smallest absolute Gasteiger partial charge is 0.159 e. The summed E-state index contributed by atoms with van der Waals surface area (Å²) in [5, 5.41) is 23.6. The SMILES string of the molecule is N/N=C(\c1ccccc1O)c1nnc(Cl)c2ccccc12. The molecule has 0 radical (unpaired) electrons. The van der Waals surface area contributed by atoms with Gasteiger partial charge >= 0.3 is 0 Å². The number of fused-ring (bicyclic) bond motifs is 1. The van der Waals surface area contributed by atoms with E-state index in [0.717, 1.165) is 10.8 Å². The van der Waals surface area contributed by atoms with E-state index in [1.807, 2.05) is 24.3 Å². The predicted molar refractivity (Wildman–Crippen MR) is 82.5 cm³/mol. The first kappa shape index (κ1) is 13.3. The number of halogens is 1. The number of rotatable bonds is 2. The molecule has 0 atom stereocenters. The molecule has 3 rings (SSSR count). The Morgan fingerprint density at radius 1 is 1.00 bits per heavy atom. The molecule has 5 nitrogen and oxygen atoms in total. The molecule has 3 N–H and O–H groups in total. The number of aromatic hydroxyl groups is 1. The van der Waals surface area contributed by atoms with Crippen LogP contribution in [0.15, 0.2) is 53.6 Å². The highest BCUT2D eigenvalue weighted by Gasteiger charge is 2.17. The first-order chi connectivity index (χ1) is 10.2. The Morgan fingerprint density at radius 2 is 1.67 bits per heavy atom. The standard InChI is InChI=1S/C15H11ClN4O/c16-15-10-6-2-1-5-9(10)14(19-20-15)13(18-17)11-7-3-4-8-12(11)21/h1-8,21H,17H2/b18-13+. The zero-order valence-corrected chi connectivity index (χ0v) is 11.6. The summed E-state index contributed by atoms with van der Waals surface area (Å²) in [5.74, 6) is 5.58. The summed E-state index contributed by atoms with van der Waals surface area (Å²) in [6.45, 7) is 0. The van der Waals surface area contributed by atoms with Crippen LogP contribution in [0.2, 0.25) is 5.15 Å². The molecule has 104 valence electrons. The minimum atomic E-state index is 0.0718. The van der Waals surface area contributed by atoms with Crippen LogP contribution < -0.4 is 5.84 Å². The van der Waals surface area contributed by atoms with E-state index in [9.17, 15) is 5.11 Å². The molecule has 21 heavy (non-hydrogen) atoms. The number of hydrazone groups is 1. The van der Waals surface area contributed by atoms with Gasteiger partial charge in [-0.3, -0.25) is 0 Å². The number of phenolic OH excluding ortho intramolecular Hbond substituents is 1. The Hall–Kier alpha value is -2.66. The lowest BCUT2D eigenvalue weighted by Gasteiger charge is -2.09. The molecule has 0 amide bonds. The fourth-order valence-electron chi connectivity index (χ4n) is 2.18. The summed E-state index contributed by atoms with van der Waals surface area (Å²) in [4.78, 5) is 0. The molecule has 1 heterocycles. The molecule has 3 aromatic rings. The van der Waals surface area contributed by atoms with Crippen molar-refractivity contribution in [1.82, 2.24) is 10.2 Å². The van der Waals surface area contributed by atoms with Crippen LogP contribution in [0.5, 0.6) is 5.75 Å². The monoisotopic (exact) mass is 298 g/mol. The number of hydrogen-bond acceptors (Lipinski definition) is 5. The third-order valence-electron chi connectivity index (χ3n) is 3.15. The van der Waals surface area contributed by atoms with Gasteiger partial charge in [0.05, 0.1) is 0 Å². The van der Waals surface area contributed by atoms with E-state index in [2.05, 4.69) is 15.3 Å². The summed E-state index contributed by atoms with van der Waals surface area (Å²) < 4.78 is 0. The predicted octanol–water partition coefficient (Wildman–Crippen LogP) is 2.70. The van der Waals surface area contributed by atoms with Crippen molar-refractivity contribution >= 4 is 28.1 Å². The van der Waals surface area contributed by atoms with E-state index in [1.165, 1.54) is 0 Å². The molecule has 0 aliphatic carbocycles. The number of phenols is 1. The van der Waals surface area contributed by atoms with Crippen LogP contribution in [0.3, 0.4) is 0 Å². The minimum absolute atomic E-state index is 0.0718. The second-order valence-electron chi connectivity index (χ2n) is 4.38. The van der Waals surface area contributed by atoms with E-state index >= 15 is 0 Å². The highest BCUT2D eigenvalue weighted by molar-refractivity contribution is 6.35. The minimum Gasteiger partial charge on any atom is -0.507 e. The van der Waals surface area contributed by atoms with E-state index in [1.54, 1.807) is 24.3 Å². The number of hydrogen-bond donors (Lipinski definition) is 2. The van der Waals surface area contributed by atoms with Gasteiger partial charge in [0.15, 0.2) is 5.15 Å². The van der Waals surface area contributed by atoms with E-state index < -0.39 is 0 Å². The van der Waals surface area contributed by atoms with Gasteiger partial charge in [-0.25, -0.2) is 0 Å². The Kier molecular flexibility index (Phi) is 3.41. The molecule has 0 aliphatic rings. The molecule has 0 spiro atoms. The highest BCUT2D eigenvalue weighted by Crippen LogP contribution is 2.26. The molecular formula is C15H11ClN4O. The van der Waals surface area contributed by atoms with Crippen LogP contribution >= 0.6 is 11.6 Å². The molecule has 0 aliphatic heterocycles. The fourth-order valence-corrected chi connectivity index (χ4v) is 2.38. The summed E-state index contributed by atoms with van der Waals surface area (Å²) in [7, 11) is 0. The van der Waals surface area contributed by atoms with Gasteiger partial charge in [0.1, 0.15) is 17.2 Å². The third kappa shape index (κ3) is 2.28. The van der Waals surface area contributed by atoms with Crippen LogP contribution in [0, 0.1) is 0 Å². The van der Waals surface area contributed by atoms with Crippen molar-refractivity contribution in [3.05, 3.63) is 64.9 Å². The average molecular weight is 299 g/mol. The molecule has 1 aromatic heterocycles. The van der Waals surface area contributed by atoms with Gasteiger partial charge in [-0.1, -0.05) is 48.0 Å². The van der Waals surface area contributed by atoms with Crippen LogP contribution in [0.25, 0.3) is 10.8 Å². The number of benzene rings is 2. The lowest BCUT2D eigenvalue weighted by molar-refractivity contribution is 0.474. The fraction of sp³-hybridized carbons (Fsp3) is 0. The van der Waals surface area contributed by atoms with Crippen LogP contribution in [0.1, 0.15) is 11.3 Å². The summed E-state index contributed by atoms with van der Waals surface area (Å²) in [6, 6.07) is 14.2. The molecular weight excluding hydrogens is 288 g/mol. The van der Waals surface area contributed by atoms with Crippen molar-refractivity contribution in [3.8, 4) is 5.75 Å². The van der Waals surface area contributed by atoms with Crippen molar-refractivity contribution in [2.45, 2.75) is 0 Å². The Morgan fingerprint density at radius 3 is 2.38 bits per heavy atom. The topological polar surface area (TPSA) is 84.4 Å². The van der Waals surface area contributed by atoms with E-state index in [0.29, 0.717) is 22.1 Å². The maximum Gasteiger partial charge on any atom is 0.159 e. The Bertz CT molecular complexity index is 848. The quantitative estimate of drug-likeness (QED) is 0.433. The number of aromatic nitrogens is 2. The van der Waals surface area contributed by atoms with Gasteiger partial charge in [-0.05, 0) is 12.1 Å². The largest absolute Gasteiger partial charge is 0.507 e. The summed E-state index contributed by atoms with van der Waals surface area (Å²) in [5.41, 5.74) is 1.31. The van der Waals surface area contributed by atoms with Crippen molar-refractivity contribution in [2.24, 2.45) is 10.9 Å². The second-order valence-corrected chi connectivity index (χ2v) is 4.74. The number of nitrogens with two attached hydrogens (primary N) is 1. The Balaban J connectivity index is 2.29. The lowest BCUT2D eigenvalue weighted by atomic mass is 10.0. The first-order valence-electron chi connectivity index (χ1n) is 6.20. The van der Waals surface area contributed by atoms with Gasteiger partial charge in [-0.15, -0.1) is 10.2 Å². The van der Waals surface area contributed by atoms with Gasteiger partial charge < -0.3 is 10.9 Å². The average Bonchev–Trinajstić information content (AvgIpc) is 2.52. The first-order valence-corrected chi connectivity index (χ1v) is 6.57. The Labute approximate surface area is 125 Å². The van der Waals surface area contributed by atoms with E-state index in [-0.39, 0.29) is 5.75 Å². The highest BCUT2D eigenvalue weighted by atomic mass is 35.5. The van der Waals surface area contributed by atoms with Crippen molar-refractivity contribution in [2.75, 3.05) is 0 Å². The zero-order valence-electron chi connectivity index (χ0n) is 10.9. The maximum absolute atomic E-state index is 9.99. The summed E-state index contributed by atoms with van der Waals surface area (Å²) >= 11 is 6.06. The number of para-hydroxylation sites is 1. The molecule has 0 unspecified atom stereocenters. The normalized spacial score (nSPS) is 11.8. The molecule has 0 saturated carbocycles.